The quantitative estimate of drug-likeness (QED) is 0.261. The van der Waals surface area contributed by atoms with Crippen molar-refractivity contribution in [3.8, 4) is 0 Å². The fourth-order valence-electron chi connectivity index (χ4n) is 3.85. The highest BCUT2D eigenvalue weighted by atomic mass is 35.5. The van der Waals surface area contributed by atoms with Gasteiger partial charge in [-0.15, -0.1) is 0 Å². The van der Waals surface area contributed by atoms with Crippen molar-refractivity contribution in [2.45, 2.75) is 39.8 Å². The summed E-state index contributed by atoms with van der Waals surface area (Å²) in [5, 5.41) is 3.12. The first-order chi connectivity index (χ1) is 18.3. The molecule has 0 aliphatic heterocycles. The average molecular weight is 541 g/mol. The van der Waals surface area contributed by atoms with Gasteiger partial charge in [0, 0.05) is 0 Å². The Morgan fingerprint density at radius 3 is 2.18 bits per heavy atom. The number of carbonyl (C=O) groups is 4. The lowest BCUT2D eigenvalue weighted by Crippen LogP contribution is -2.30. The second-order valence-corrected chi connectivity index (χ2v) is 8.61. The number of carbonyl (C=O) groups excluding carboxylic acids is 4. The van der Waals surface area contributed by atoms with Crippen molar-refractivity contribution >= 4 is 35.4 Å². The van der Waals surface area contributed by atoms with Crippen LogP contribution in [0.2, 0.25) is 5.02 Å². The molecule has 0 saturated carbocycles. The second kappa shape index (κ2) is 13.4. The number of nitrogens with one attached hydrogen (secondary N) is 2. The van der Waals surface area contributed by atoms with Crippen LogP contribution in [0.4, 0.5) is 0 Å². The van der Waals surface area contributed by atoms with Gasteiger partial charge in [0.05, 0.1) is 47.5 Å². The number of amides is 1. The number of benzene rings is 2. The van der Waals surface area contributed by atoms with Gasteiger partial charge in [0.25, 0.3) is 5.91 Å². The van der Waals surface area contributed by atoms with Crippen LogP contribution in [0.1, 0.15) is 74.3 Å². The van der Waals surface area contributed by atoms with Gasteiger partial charge in [0.1, 0.15) is 12.3 Å². The van der Waals surface area contributed by atoms with Crippen LogP contribution in [0, 0.1) is 6.92 Å². The summed E-state index contributed by atoms with van der Waals surface area (Å²) in [6, 6.07) is 14.8. The van der Waals surface area contributed by atoms with Crippen LogP contribution in [0.15, 0.2) is 54.6 Å². The van der Waals surface area contributed by atoms with Crippen LogP contribution in [-0.2, 0) is 25.6 Å². The maximum absolute atomic E-state index is 12.9. The van der Waals surface area contributed by atoms with Gasteiger partial charge in [0.2, 0.25) is 0 Å². The number of rotatable bonds is 11. The number of hydrogen-bond donors (Lipinski definition) is 2. The first-order valence-corrected chi connectivity index (χ1v) is 12.5. The van der Waals surface area contributed by atoms with Crippen molar-refractivity contribution in [2.24, 2.45) is 0 Å². The smallest absolute Gasteiger partial charge is 0.355 e. The van der Waals surface area contributed by atoms with E-state index in [4.69, 9.17) is 25.8 Å². The predicted molar refractivity (Wildman–Crippen MR) is 140 cm³/mol. The summed E-state index contributed by atoms with van der Waals surface area (Å²) in [6.07, 6.45) is -0.195. The molecule has 38 heavy (non-hydrogen) atoms. The number of hydrogen-bond acceptors (Lipinski definition) is 7. The molecule has 3 rings (SSSR count). The lowest BCUT2D eigenvalue weighted by Gasteiger charge is -2.19. The van der Waals surface area contributed by atoms with Gasteiger partial charge in [0.15, 0.2) is 0 Å². The largest absolute Gasteiger partial charge is 0.462 e. The monoisotopic (exact) mass is 540 g/mol. The van der Waals surface area contributed by atoms with Crippen molar-refractivity contribution in [2.75, 3.05) is 13.2 Å². The fraction of sp³-hybridized carbons (Fsp3) is 0.286. The number of H-pyrrole nitrogens is 1. The molecule has 0 aliphatic rings. The van der Waals surface area contributed by atoms with Crippen molar-refractivity contribution in [3.05, 3.63) is 93.3 Å². The molecule has 0 fully saturated rings. The summed E-state index contributed by atoms with van der Waals surface area (Å²) >= 11 is 6.16. The molecule has 1 heterocycles. The number of aromatic amines is 1. The molecular weight excluding hydrogens is 512 g/mol. The molecule has 10 heteroatoms. The van der Waals surface area contributed by atoms with Gasteiger partial charge in [-0.25, -0.2) is 9.59 Å². The molecule has 0 saturated heterocycles. The summed E-state index contributed by atoms with van der Waals surface area (Å²) in [5.41, 5.74) is 1.69. The third-order valence-corrected chi connectivity index (χ3v) is 5.99. The SMILES string of the molecule is CCOC(=O)c1[nH]c(COC(=O)C[C@@H](NC(=O)c2ccccc2Cl)c2ccccc2)c(C(=O)OCC)c1C. The third-order valence-electron chi connectivity index (χ3n) is 5.66. The number of ether oxygens (including phenoxy) is 3. The standard InChI is InChI=1S/C28H29ClN2O7/c1-4-36-27(34)24-17(3)25(28(35)37-5-2)30-22(24)16-38-23(32)15-21(18-11-7-6-8-12-18)31-26(33)19-13-9-10-14-20(19)29/h6-14,21,30H,4-5,15-16H2,1-3H3,(H,31,33)/t21-/m1/s1. The maximum Gasteiger partial charge on any atom is 0.355 e. The van der Waals surface area contributed by atoms with E-state index in [1.54, 1.807) is 69.3 Å². The highest BCUT2D eigenvalue weighted by Gasteiger charge is 2.27. The van der Waals surface area contributed by atoms with Crippen LogP contribution in [-0.4, -0.2) is 42.0 Å². The van der Waals surface area contributed by atoms with E-state index >= 15 is 0 Å². The third kappa shape index (κ3) is 7.01. The number of esters is 3. The summed E-state index contributed by atoms with van der Waals surface area (Å²) in [7, 11) is 0. The Kier molecular flexibility index (Phi) is 10.1. The highest BCUT2D eigenvalue weighted by Crippen LogP contribution is 2.24. The topological polar surface area (TPSA) is 124 Å². The van der Waals surface area contributed by atoms with E-state index in [9.17, 15) is 19.2 Å². The van der Waals surface area contributed by atoms with Crippen molar-refractivity contribution < 1.29 is 33.4 Å². The molecule has 1 amide bonds. The minimum atomic E-state index is -0.711. The maximum atomic E-state index is 12.9. The molecular formula is C28H29ClN2O7. The fourth-order valence-corrected chi connectivity index (χ4v) is 4.07. The minimum Gasteiger partial charge on any atom is -0.462 e. The molecule has 0 unspecified atom stereocenters. The van der Waals surface area contributed by atoms with Crippen molar-refractivity contribution in [1.29, 1.82) is 0 Å². The molecule has 0 spiro atoms. The first kappa shape index (κ1) is 28.5. The van der Waals surface area contributed by atoms with Crippen LogP contribution >= 0.6 is 11.6 Å². The molecule has 0 radical (unpaired) electrons. The molecule has 3 aromatic rings. The number of aromatic nitrogens is 1. The van der Waals surface area contributed by atoms with Gasteiger partial charge in [-0.05, 0) is 44.0 Å². The summed E-state index contributed by atoms with van der Waals surface area (Å²) in [4.78, 5) is 53.5. The van der Waals surface area contributed by atoms with Crippen LogP contribution in [0.5, 0.6) is 0 Å². The zero-order valence-electron chi connectivity index (χ0n) is 21.3. The van der Waals surface area contributed by atoms with Crippen molar-refractivity contribution in [1.82, 2.24) is 10.3 Å². The molecule has 2 N–H and O–H groups in total. The molecule has 200 valence electrons. The molecule has 1 atom stereocenters. The summed E-state index contributed by atoms with van der Waals surface area (Å²) < 4.78 is 15.6. The molecule has 9 nitrogen and oxygen atoms in total. The summed E-state index contributed by atoms with van der Waals surface area (Å²) in [6.45, 7) is 4.85. The van der Waals surface area contributed by atoms with E-state index in [0.717, 1.165) is 0 Å². The molecule has 1 aromatic heterocycles. The lowest BCUT2D eigenvalue weighted by molar-refractivity contribution is -0.145. The zero-order chi connectivity index (χ0) is 27.7. The Labute approximate surface area is 225 Å². The Morgan fingerprint density at radius 2 is 1.53 bits per heavy atom. The van der Waals surface area contributed by atoms with Gasteiger partial charge in [-0.2, -0.15) is 0 Å². The minimum absolute atomic E-state index is 0.0788. The molecule has 0 bridgehead atoms. The van der Waals surface area contributed by atoms with Gasteiger partial charge in [-0.1, -0.05) is 54.1 Å². The molecule has 0 aliphatic carbocycles. The Morgan fingerprint density at radius 1 is 0.895 bits per heavy atom. The normalized spacial score (nSPS) is 11.4. The Bertz CT molecular complexity index is 1300. The van der Waals surface area contributed by atoms with Crippen LogP contribution in [0.25, 0.3) is 0 Å². The van der Waals surface area contributed by atoms with E-state index in [2.05, 4.69) is 10.3 Å². The highest BCUT2D eigenvalue weighted by molar-refractivity contribution is 6.33. The number of halogens is 1. The van der Waals surface area contributed by atoms with Gasteiger partial charge in [-0.3, -0.25) is 9.59 Å². The second-order valence-electron chi connectivity index (χ2n) is 8.20. The van der Waals surface area contributed by atoms with E-state index in [-0.39, 0.29) is 53.8 Å². The van der Waals surface area contributed by atoms with Crippen LogP contribution < -0.4 is 5.32 Å². The summed E-state index contributed by atoms with van der Waals surface area (Å²) in [5.74, 6) is -2.38. The lowest BCUT2D eigenvalue weighted by atomic mass is 10.0. The Balaban J connectivity index is 1.79. The Hall–Kier alpha value is -4.11. The van der Waals surface area contributed by atoms with E-state index in [1.807, 2.05) is 6.07 Å². The van der Waals surface area contributed by atoms with E-state index in [0.29, 0.717) is 11.1 Å². The van der Waals surface area contributed by atoms with Gasteiger partial charge >= 0.3 is 17.9 Å². The predicted octanol–water partition coefficient (Wildman–Crippen LogP) is 4.93. The van der Waals surface area contributed by atoms with E-state index < -0.39 is 29.9 Å². The zero-order valence-corrected chi connectivity index (χ0v) is 22.1. The van der Waals surface area contributed by atoms with Crippen molar-refractivity contribution in [3.63, 3.8) is 0 Å². The molecule has 2 aromatic carbocycles. The average Bonchev–Trinajstić information content (AvgIpc) is 3.24. The van der Waals surface area contributed by atoms with Gasteiger partial charge < -0.3 is 24.5 Å². The first-order valence-electron chi connectivity index (χ1n) is 12.1. The van der Waals surface area contributed by atoms with E-state index in [1.165, 1.54) is 0 Å². The van der Waals surface area contributed by atoms with Crippen LogP contribution in [0.3, 0.4) is 0 Å².